The van der Waals surface area contributed by atoms with Crippen LogP contribution in [0.1, 0.15) is 31.4 Å². The Bertz CT molecular complexity index is 398. The van der Waals surface area contributed by atoms with Crippen LogP contribution in [0.5, 0.6) is 0 Å². The third-order valence-corrected chi connectivity index (χ3v) is 4.25. The van der Waals surface area contributed by atoms with Crippen LogP contribution in [0.2, 0.25) is 5.15 Å². The summed E-state index contributed by atoms with van der Waals surface area (Å²) in [6.45, 7) is 4.46. The molecule has 1 aliphatic carbocycles. The van der Waals surface area contributed by atoms with Gasteiger partial charge >= 0.3 is 0 Å². The maximum atomic E-state index is 5.78. The molecular weight excluding hydrogens is 260 g/mol. The largest absolute Gasteiger partial charge is 0.317 e. The Morgan fingerprint density at radius 1 is 1.16 bits per heavy atom. The number of halogens is 1. The fraction of sp³-hybridized carbons (Fsp3) is 0.714. The molecule has 2 fully saturated rings. The predicted octanol–water partition coefficient (Wildman–Crippen LogP) is 2.09. The molecule has 1 N–H and O–H groups in total. The van der Waals surface area contributed by atoms with Gasteiger partial charge in [0, 0.05) is 19.1 Å². The van der Waals surface area contributed by atoms with Gasteiger partial charge < -0.3 is 5.32 Å². The highest BCUT2D eigenvalue weighted by Crippen LogP contribution is 2.30. The van der Waals surface area contributed by atoms with Crippen LogP contribution in [0.3, 0.4) is 0 Å². The zero-order valence-corrected chi connectivity index (χ0v) is 11.9. The molecule has 0 atom stereocenters. The fourth-order valence-electron chi connectivity index (χ4n) is 2.81. The molecular formula is C14H21ClN4. The maximum Gasteiger partial charge on any atom is 0.147 e. The lowest BCUT2D eigenvalue weighted by Gasteiger charge is -2.29. The normalized spacial score (nSPS) is 20.9. The topological polar surface area (TPSA) is 41.1 Å². The Kier molecular flexibility index (Phi) is 4.31. The van der Waals surface area contributed by atoms with E-state index in [1.165, 1.54) is 45.3 Å². The van der Waals surface area contributed by atoms with Gasteiger partial charge in [0.1, 0.15) is 5.15 Å². The summed E-state index contributed by atoms with van der Waals surface area (Å²) >= 11 is 5.78. The summed E-state index contributed by atoms with van der Waals surface area (Å²) in [4.78, 5) is 11.1. The highest BCUT2D eigenvalue weighted by Gasteiger charge is 2.31. The molecule has 1 aromatic heterocycles. The molecule has 19 heavy (non-hydrogen) atoms. The number of piperidine rings is 1. The van der Waals surface area contributed by atoms with E-state index in [0.717, 1.165) is 24.2 Å². The maximum absolute atomic E-state index is 5.78. The Morgan fingerprint density at radius 2 is 1.95 bits per heavy atom. The van der Waals surface area contributed by atoms with Crippen molar-refractivity contribution in [3.63, 3.8) is 0 Å². The molecule has 1 aromatic rings. The van der Waals surface area contributed by atoms with Crippen LogP contribution in [0.4, 0.5) is 0 Å². The van der Waals surface area contributed by atoms with Crippen molar-refractivity contribution in [3.8, 4) is 0 Å². The van der Waals surface area contributed by atoms with Gasteiger partial charge in [0.15, 0.2) is 0 Å². The number of hydrogen-bond acceptors (Lipinski definition) is 4. The lowest BCUT2D eigenvalue weighted by atomic mass is 9.97. The first kappa shape index (κ1) is 13.3. The van der Waals surface area contributed by atoms with Crippen molar-refractivity contribution in [2.75, 3.05) is 19.6 Å². The fourth-order valence-corrected chi connectivity index (χ4v) is 2.90. The molecule has 5 heteroatoms. The van der Waals surface area contributed by atoms with Gasteiger partial charge in [-0.3, -0.25) is 9.88 Å². The van der Waals surface area contributed by atoms with Crippen molar-refractivity contribution >= 4 is 11.6 Å². The van der Waals surface area contributed by atoms with E-state index in [1.807, 2.05) is 0 Å². The van der Waals surface area contributed by atoms with E-state index in [2.05, 4.69) is 20.2 Å². The number of nitrogens with one attached hydrogen (secondary N) is 1. The van der Waals surface area contributed by atoms with Gasteiger partial charge in [-0.15, -0.1) is 0 Å². The van der Waals surface area contributed by atoms with Gasteiger partial charge in [-0.1, -0.05) is 11.6 Å². The lowest BCUT2D eigenvalue weighted by molar-refractivity contribution is 0.188. The van der Waals surface area contributed by atoms with Crippen molar-refractivity contribution in [1.29, 1.82) is 0 Å². The van der Waals surface area contributed by atoms with Crippen LogP contribution in [0.15, 0.2) is 12.4 Å². The van der Waals surface area contributed by atoms with Crippen molar-refractivity contribution in [2.45, 2.75) is 38.3 Å². The second-order valence-corrected chi connectivity index (χ2v) is 6.07. The predicted molar refractivity (Wildman–Crippen MR) is 76.1 cm³/mol. The second-order valence-electron chi connectivity index (χ2n) is 5.68. The minimum atomic E-state index is 0.472. The zero-order valence-electron chi connectivity index (χ0n) is 11.2. The number of hydrogen-bond donors (Lipinski definition) is 1. The van der Waals surface area contributed by atoms with Gasteiger partial charge in [-0.05, 0) is 44.7 Å². The summed E-state index contributed by atoms with van der Waals surface area (Å²) < 4.78 is 0. The average Bonchev–Trinajstić information content (AvgIpc) is 3.26. The monoisotopic (exact) mass is 280 g/mol. The summed E-state index contributed by atoms with van der Waals surface area (Å²) in [7, 11) is 0. The van der Waals surface area contributed by atoms with Crippen molar-refractivity contribution in [1.82, 2.24) is 20.2 Å². The van der Waals surface area contributed by atoms with E-state index in [-0.39, 0.29) is 0 Å². The minimum absolute atomic E-state index is 0.472. The summed E-state index contributed by atoms with van der Waals surface area (Å²) in [5, 5.41) is 3.91. The molecule has 0 spiro atoms. The Balaban J connectivity index is 1.59. The van der Waals surface area contributed by atoms with E-state index >= 15 is 0 Å². The van der Waals surface area contributed by atoms with Gasteiger partial charge in [0.05, 0.1) is 18.1 Å². The number of rotatable bonds is 5. The first-order valence-corrected chi connectivity index (χ1v) is 7.60. The van der Waals surface area contributed by atoms with E-state index in [4.69, 9.17) is 11.6 Å². The van der Waals surface area contributed by atoms with Crippen LogP contribution >= 0.6 is 11.6 Å². The highest BCUT2D eigenvalue weighted by atomic mass is 35.5. The third-order valence-electron chi connectivity index (χ3n) is 4.05. The summed E-state index contributed by atoms with van der Waals surface area (Å²) in [5.74, 6) is 0.835. The van der Waals surface area contributed by atoms with E-state index in [9.17, 15) is 0 Å². The third kappa shape index (κ3) is 3.88. The Labute approximate surface area is 119 Å². The molecule has 2 aliphatic rings. The van der Waals surface area contributed by atoms with Crippen LogP contribution in [0, 0.1) is 5.92 Å². The number of nitrogens with zero attached hydrogens (tertiary/aromatic N) is 3. The first-order valence-electron chi connectivity index (χ1n) is 7.22. The van der Waals surface area contributed by atoms with Crippen LogP contribution in [0.25, 0.3) is 0 Å². The molecule has 0 aromatic carbocycles. The molecule has 0 unspecified atom stereocenters. The molecule has 1 aliphatic heterocycles. The van der Waals surface area contributed by atoms with Crippen molar-refractivity contribution in [2.24, 2.45) is 5.92 Å². The van der Waals surface area contributed by atoms with E-state index < -0.39 is 0 Å². The van der Waals surface area contributed by atoms with Gasteiger partial charge in [0.25, 0.3) is 0 Å². The average molecular weight is 281 g/mol. The standard InChI is InChI=1S/C14H21ClN4/c15-14-8-17-12(7-18-14)10-19(13-1-2-13)9-11-3-5-16-6-4-11/h7-8,11,13,16H,1-6,9-10H2. The molecule has 0 amide bonds. The minimum Gasteiger partial charge on any atom is -0.317 e. The molecule has 0 radical (unpaired) electrons. The van der Waals surface area contributed by atoms with Crippen molar-refractivity contribution in [3.05, 3.63) is 23.2 Å². The number of aromatic nitrogens is 2. The highest BCUT2D eigenvalue weighted by molar-refractivity contribution is 6.29. The molecule has 4 nitrogen and oxygen atoms in total. The SMILES string of the molecule is Clc1cnc(CN(CC2CCNCC2)C2CC2)cn1. The van der Waals surface area contributed by atoms with Gasteiger partial charge in [-0.25, -0.2) is 4.98 Å². The molecule has 104 valence electrons. The zero-order chi connectivity index (χ0) is 13.1. The van der Waals surface area contributed by atoms with Gasteiger partial charge in [-0.2, -0.15) is 0 Å². The van der Waals surface area contributed by atoms with Gasteiger partial charge in [0.2, 0.25) is 0 Å². The van der Waals surface area contributed by atoms with E-state index in [1.54, 1.807) is 12.4 Å². The smallest absolute Gasteiger partial charge is 0.147 e. The summed E-state index contributed by atoms with van der Waals surface area (Å²) in [6, 6.07) is 0.771. The molecule has 1 saturated heterocycles. The van der Waals surface area contributed by atoms with Crippen LogP contribution in [-0.2, 0) is 6.54 Å². The summed E-state index contributed by atoms with van der Waals surface area (Å²) in [5.41, 5.74) is 1.03. The Hall–Kier alpha value is -0.710. The van der Waals surface area contributed by atoms with E-state index in [0.29, 0.717) is 5.15 Å². The molecule has 0 bridgehead atoms. The van der Waals surface area contributed by atoms with Crippen LogP contribution < -0.4 is 5.32 Å². The first-order chi connectivity index (χ1) is 9.31. The van der Waals surface area contributed by atoms with Crippen molar-refractivity contribution < 1.29 is 0 Å². The molecule has 1 saturated carbocycles. The van der Waals surface area contributed by atoms with Crippen LogP contribution in [-0.4, -0.2) is 40.5 Å². The molecule has 3 rings (SSSR count). The summed E-state index contributed by atoms with van der Waals surface area (Å²) in [6.07, 6.45) is 8.73. The Morgan fingerprint density at radius 3 is 2.58 bits per heavy atom. The lowest BCUT2D eigenvalue weighted by Crippen LogP contribution is -2.37. The second kappa shape index (κ2) is 6.16. The molecule has 2 heterocycles. The quantitative estimate of drug-likeness (QED) is 0.897.